The third-order valence-electron chi connectivity index (χ3n) is 11.2. The number of ether oxygens (including phenoxy) is 3. The number of rotatable bonds is 8. The van der Waals surface area contributed by atoms with E-state index in [1.165, 1.54) is 34.3 Å². The van der Waals surface area contributed by atoms with Crippen molar-refractivity contribution in [3.05, 3.63) is 49.3 Å². The molecule has 2 fully saturated rings. The highest BCUT2D eigenvalue weighted by molar-refractivity contribution is 6.40. The number of aliphatic hydroxyl groups excluding tert-OH is 2. The predicted molar refractivity (Wildman–Crippen MR) is 194 cm³/mol. The van der Waals surface area contributed by atoms with Gasteiger partial charge in [-0.25, -0.2) is 0 Å². The second-order valence-electron chi connectivity index (χ2n) is 14.2. The van der Waals surface area contributed by atoms with Crippen LogP contribution in [-0.2, 0) is 4.79 Å². The van der Waals surface area contributed by atoms with E-state index in [-0.39, 0.29) is 45.9 Å². The number of hydrogen-bond acceptors (Lipinski definition) is 11. The number of nitrogens with one attached hydrogen (secondary N) is 2. The van der Waals surface area contributed by atoms with Crippen molar-refractivity contribution < 1.29 is 34.3 Å². The van der Waals surface area contributed by atoms with Crippen molar-refractivity contribution in [3.63, 3.8) is 0 Å². The minimum absolute atomic E-state index is 0.00632. The number of aliphatic hydroxyl groups is 2. The van der Waals surface area contributed by atoms with E-state index in [2.05, 4.69) is 10.6 Å². The maximum atomic E-state index is 15.2. The van der Waals surface area contributed by atoms with Crippen LogP contribution in [0.2, 0.25) is 0 Å². The van der Waals surface area contributed by atoms with Gasteiger partial charge in [-0.2, -0.15) is 0 Å². The first-order valence-electron chi connectivity index (χ1n) is 17.1. The maximum Gasteiger partial charge on any atom is 0.232 e. The summed E-state index contributed by atoms with van der Waals surface area (Å²) in [5, 5.41) is 42.8. The summed E-state index contributed by atoms with van der Waals surface area (Å²) in [6, 6.07) is 2.88. The van der Waals surface area contributed by atoms with E-state index in [9.17, 15) is 24.9 Å². The van der Waals surface area contributed by atoms with E-state index in [0.717, 1.165) is 0 Å². The van der Waals surface area contributed by atoms with Crippen molar-refractivity contribution in [3.8, 4) is 23.0 Å². The van der Waals surface area contributed by atoms with Gasteiger partial charge in [0.25, 0.3) is 0 Å². The summed E-state index contributed by atoms with van der Waals surface area (Å²) in [4.78, 5) is 43.2. The molecule has 5 aromatic carbocycles. The fraction of sp³-hybridized carbons (Fsp3) is 0.410. The van der Waals surface area contributed by atoms with Gasteiger partial charge in [-0.3, -0.25) is 14.4 Å². The van der Waals surface area contributed by atoms with Crippen LogP contribution in [0.5, 0.6) is 23.0 Å². The molecule has 8 rings (SSSR count). The van der Waals surface area contributed by atoms with Gasteiger partial charge in [0, 0.05) is 68.0 Å². The lowest BCUT2D eigenvalue weighted by atomic mass is 9.80. The maximum absolute atomic E-state index is 15.2. The number of aromatic hydroxyl groups is 1. The quantitative estimate of drug-likeness (QED) is 0.106. The van der Waals surface area contributed by atoms with Crippen molar-refractivity contribution in [2.75, 3.05) is 32.0 Å². The number of fused-ring (bicyclic) bond motifs is 1. The van der Waals surface area contributed by atoms with Gasteiger partial charge in [0.1, 0.15) is 23.0 Å². The smallest absolute Gasteiger partial charge is 0.232 e. The van der Waals surface area contributed by atoms with Gasteiger partial charge in [0.15, 0.2) is 5.75 Å². The molecule has 0 bridgehead atoms. The highest BCUT2D eigenvalue weighted by Crippen LogP contribution is 2.56. The zero-order valence-electron chi connectivity index (χ0n) is 28.7. The Morgan fingerprint density at radius 3 is 1.90 bits per heavy atom. The van der Waals surface area contributed by atoms with E-state index < -0.39 is 23.6 Å². The second-order valence-corrected chi connectivity index (χ2v) is 14.2. The molecule has 11 nitrogen and oxygen atoms in total. The van der Waals surface area contributed by atoms with Crippen LogP contribution in [0, 0.1) is 0 Å². The number of phenolic OH excluding ortho intramolecular Hbond substituents is 1. The van der Waals surface area contributed by atoms with Crippen molar-refractivity contribution in [2.24, 2.45) is 0 Å². The van der Waals surface area contributed by atoms with E-state index in [1.807, 2.05) is 13.0 Å². The third-order valence-corrected chi connectivity index (χ3v) is 11.2. The molecule has 5 N–H and O–H groups in total. The van der Waals surface area contributed by atoms with Crippen LogP contribution < -0.4 is 35.7 Å². The van der Waals surface area contributed by atoms with Crippen LogP contribution in [0.25, 0.3) is 49.2 Å². The minimum Gasteiger partial charge on any atom is -0.507 e. The van der Waals surface area contributed by atoms with Gasteiger partial charge in [0.05, 0.1) is 55.9 Å². The molecule has 5 atom stereocenters. The number of hydrogen-bond donors (Lipinski definition) is 5. The lowest BCUT2D eigenvalue weighted by Crippen LogP contribution is -2.24. The van der Waals surface area contributed by atoms with Crippen LogP contribution >= 0.6 is 0 Å². The average Bonchev–Trinajstić information content (AvgIpc) is 3.65. The zero-order valence-corrected chi connectivity index (χ0v) is 28.7. The van der Waals surface area contributed by atoms with Gasteiger partial charge in [-0.1, -0.05) is 11.6 Å². The molecule has 2 saturated carbocycles. The van der Waals surface area contributed by atoms with Crippen LogP contribution in [0.1, 0.15) is 69.4 Å². The van der Waals surface area contributed by atoms with Gasteiger partial charge in [-0.05, 0) is 57.8 Å². The Hall–Kier alpha value is -4.87. The van der Waals surface area contributed by atoms with Crippen molar-refractivity contribution in [1.82, 2.24) is 0 Å². The lowest BCUT2D eigenvalue weighted by Gasteiger charge is -2.26. The number of methoxy groups -OCH3 is 3. The molecule has 0 aromatic heterocycles. The van der Waals surface area contributed by atoms with Gasteiger partial charge in [-0.15, -0.1) is 0 Å². The third kappa shape index (κ3) is 4.45. The molecule has 260 valence electrons. The summed E-state index contributed by atoms with van der Waals surface area (Å²) < 4.78 is 17.8. The number of ketones is 1. The second kappa shape index (κ2) is 11.6. The van der Waals surface area contributed by atoms with Crippen LogP contribution in [0.15, 0.2) is 27.3 Å². The summed E-state index contributed by atoms with van der Waals surface area (Å²) in [5.74, 6) is -0.820. The molecule has 5 unspecified atom stereocenters. The summed E-state index contributed by atoms with van der Waals surface area (Å²) >= 11 is 0. The SMILES string of the molecule is COc1c2c3c4c(c(NC5CCC(O)C5)c(=O)c5c(NC6CCC(O)C6)cc(OC)c(c6c(OC)cc(O)c(c1=O)c63)c54)C=C(C)C2C(C)=O. The lowest BCUT2D eigenvalue weighted by molar-refractivity contribution is -0.117. The molecule has 5 aromatic rings. The minimum atomic E-state index is -0.901. The highest BCUT2D eigenvalue weighted by Gasteiger charge is 2.38. The summed E-state index contributed by atoms with van der Waals surface area (Å²) in [6.07, 6.45) is 4.48. The molecular formula is C39H40N2O9. The normalized spacial score (nSPS) is 23.3. The van der Waals surface area contributed by atoms with E-state index >= 15 is 4.79 Å². The first-order valence-corrected chi connectivity index (χ1v) is 17.1. The standard InChI is InChI=1S/C39H40N2O9/c1-15-10-21-27-32-28(37(46)36(21)41-18-7-9-20(44)12-18)22(40-17-6-8-19(43)11-17)13-24(48-3)30(32)31-25(49-4)14-23(45)29-34(31)33(27)35(26(15)16(2)42)39(50-5)38(29)47/h10,13-14,17-20,26,40-41,43-45H,6-9,11-12H2,1-5H3. The highest BCUT2D eigenvalue weighted by atomic mass is 16.5. The van der Waals surface area contributed by atoms with Crippen LogP contribution in [-0.4, -0.2) is 66.7 Å². The number of phenols is 1. The van der Waals surface area contributed by atoms with Crippen LogP contribution in [0.4, 0.5) is 11.4 Å². The van der Waals surface area contributed by atoms with Gasteiger partial charge >= 0.3 is 0 Å². The van der Waals surface area contributed by atoms with Crippen LogP contribution in [0.3, 0.4) is 0 Å². The fourth-order valence-electron chi connectivity index (χ4n) is 9.14. The number of anilines is 2. The molecule has 0 aliphatic heterocycles. The first kappa shape index (κ1) is 32.3. The van der Waals surface area contributed by atoms with Gasteiger partial charge < -0.3 is 40.2 Å². The predicted octanol–water partition coefficient (Wildman–Crippen LogP) is 5.37. The Kier molecular flexibility index (Phi) is 7.50. The summed E-state index contributed by atoms with van der Waals surface area (Å²) in [6.45, 7) is 3.28. The molecule has 11 heteroatoms. The Morgan fingerprint density at radius 1 is 0.740 bits per heavy atom. The number of benzene rings is 5. The summed E-state index contributed by atoms with van der Waals surface area (Å²) in [5.41, 5.74) is 1.52. The largest absolute Gasteiger partial charge is 0.507 e. The molecule has 0 heterocycles. The molecule has 3 aliphatic carbocycles. The Labute approximate surface area is 287 Å². The van der Waals surface area contributed by atoms with E-state index in [1.54, 1.807) is 6.07 Å². The molecule has 3 aliphatic rings. The Bertz CT molecular complexity index is 2400. The molecule has 0 saturated heterocycles. The zero-order chi connectivity index (χ0) is 35.3. The topological polar surface area (TPSA) is 164 Å². The number of carbonyl (C=O) groups excluding carboxylic acids is 1. The van der Waals surface area contributed by atoms with E-state index in [0.29, 0.717) is 110 Å². The number of allylic oxidation sites excluding steroid dienone is 1. The molecule has 50 heavy (non-hydrogen) atoms. The van der Waals surface area contributed by atoms with Crippen molar-refractivity contribution in [1.29, 1.82) is 0 Å². The summed E-state index contributed by atoms with van der Waals surface area (Å²) in [7, 11) is 4.38. The molecule has 0 spiro atoms. The van der Waals surface area contributed by atoms with Crippen molar-refractivity contribution >= 4 is 66.3 Å². The van der Waals surface area contributed by atoms with Gasteiger partial charge in [0.2, 0.25) is 10.9 Å². The molecule has 0 amide bonds. The molecule has 0 radical (unpaired) electrons. The Morgan fingerprint density at radius 2 is 1.34 bits per heavy atom. The number of Topliss-reactive ketones (excluding diaryl/α,β-unsaturated/α-hetero) is 1. The number of carbonyl (C=O) groups is 1. The Balaban J connectivity index is 1.69. The monoisotopic (exact) mass is 680 g/mol. The first-order chi connectivity index (χ1) is 24.0. The average molecular weight is 681 g/mol. The van der Waals surface area contributed by atoms with E-state index in [4.69, 9.17) is 14.2 Å². The molecular weight excluding hydrogens is 640 g/mol. The van der Waals surface area contributed by atoms with Crippen molar-refractivity contribution in [2.45, 2.75) is 82.6 Å². The fourth-order valence-corrected chi connectivity index (χ4v) is 9.14.